The topological polar surface area (TPSA) is 95.5 Å². The minimum absolute atomic E-state index is 0.0769. The van der Waals surface area contributed by atoms with Gasteiger partial charge in [0.15, 0.2) is 0 Å². The van der Waals surface area contributed by atoms with Crippen LogP contribution in [0.3, 0.4) is 0 Å². The molecule has 0 saturated heterocycles. The smallest absolute Gasteiger partial charge is 0.337 e. The minimum Gasteiger partial charge on any atom is -0.478 e. The molecule has 0 aliphatic carbocycles. The molecular weight excluding hydrogens is 328 g/mol. The van der Waals surface area contributed by atoms with E-state index in [1.54, 1.807) is 30.3 Å². The zero-order chi connectivity index (χ0) is 17.7. The number of nitrogens with one attached hydrogen (secondary N) is 2. The predicted octanol–water partition coefficient (Wildman–Crippen LogP) is 3.40. The van der Waals surface area contributed by atoms with Crippen molar-refractivity contribution in [2.24, 2.45) is 0 Å². The molecule has 0 spiro atoms. The van der Waals surface area contributed by atoms with E-state index in [0.717, 1.165) is 6.42 Å². The summed E-state index contributed by atoms with van der Waals surface area (Å²) in [6.45, 7) is 3.90. The number of sulfonamides is 1. The quantitative estimate of drug-likeness (QED) is 0.713. The summed E-state index contributed by atoms with van der Waals surface area (Å²) in [7, 11) is -3.86. The first-order chi connectivity index (χ1) is 11.3. The van der Waals surface area contributed by atoms with Crippen molar-refractivity contribution in [1.29, 1.82) is 0 Å². The maximum absolute atomic E-state index is 12.4. The summed E-state index contributed by atoms with van der Waals surface area (Å²) >= 11 is 0. The minimum atomic E-state index is -3.86. The van der Waals surface area contributed by atoms with E-state index >= 15 is 0 Å². The van der Waals surface area contributed by atoms with E-state index in [-0.39, 0.29) is 16.5 Å². The van der Waals surface area contributed by atoms with E-state index in [1.807, 2.05) is 13.8 Å². The number of hydrogen-bond donors (Lipinski definition) is 3. The summed E-state index contributed by atoms with van der Waals surface area (Å²) in [4.78, 5) is 11.4. The van der Waals surface area contributed by atoms with Crippen LogP contribution in [0.25, 0.3) is 0 Å². The molecule has 0 aliphatic rings. The summed E-state index contributed by atoms with van der Waals surface area (Å²) in [6.07, 6.45) is 0.814. The molecule has 2 aromatic rings. The van der Waals surface area contributed by atoms with E-state index in [2.05, 4.69) is 10.0 Å². The first-order valence-electron chi connectivity index (χ1n) is 7.55. The molecular formula is C17H20N2O4S. The second-order valence-electron chi connectivity index (χ2n) is 5.44. The van der Waals surface area contributed by atoms with Gasteiger partial charge in [-0.3, -0.25) is 4.72 Å². The molecule has 128 valence electrons. The number of rotatable bonds is 7. The van der Waals surface area contributed by atoms with Crippen LogP contribution >= 0.6 is 0 Å². The molecule has 3 N–H and O–H groups in total. The third-order valence-corrected chi connectivity index (χ3v) is 4.95. The monoisotopic (exact) mass is 348 g/mol. The second-order valence-corrected chi connectivity index (χ2v) is 7.12. The lowest BCUT2D eigenvalue weighted by molar-refractivity contribution is 0.0697. The molecule has 0 amide bonds. The molecule has 0 heterocycles. The summed E-state index contributed by atoms with van der Waals surface area (Å²) in [5.74, 6) is -1.18. The number of para-hydroxylation sites is 1. The molecule has 1 unspecified atom stereocenters. The first-order valence-corrected chi connectivity index (χ1v) is 9.03. The lowest BCUT2D eigenvalue weighted by Gasteiger charge is -2.16. The van der Waals surface area contributed by atoms with Gasteiger partial charge in [-0.05, 0) is 43.7 Å². The van der Waals surface area contributed by atoms with E-state index in [4.69, 9.17) is 0 Å². The molecule has 0 bridgehead atoms. The van der Waals surface area contributed by atoms with Crippen LogP contribution in [0.1, 0.15) is 30.6 Å². The van der Waals surface area contributed by atoms with Crippen LogP contribution in [0.15, 0.2) is 53.4 Å². The van der Waals surface area contributed by atoms with Gasteiger partial charge in [0.1, 0.15) is 0 Å². The highest BCUT2D eigenvalue weighted by atomic mass is 32.2. The number of benzene rings is 2. The van der Waals surface area contributed by atoms with Gasteiger partial charge in [-0.1, -0.05) is 25.1 Å². The molecule has 1 atom stereocenters. The standard InChI is InChI=1S/C17H20N2O4S/c1-3-12(2)18-16-10-9-14(11-15(16)17(20)21)24(22,23)19-13-7-5-4-6-8-13/h4-12,18-19H,3H2,1-2H3,(H,20,21). The molecule has 0 aliphatic heterocycles. The number of aromatic carboxylic acids is 1. The van der Waals surface area contributed by atoms with E-state index < -0.39 is 16.0 Å². The van der Waals surface area contributed by atoms with Crippen molar-refractivity contribution in [2.75, 3.05) is 10.0 Å². The molecule has 2 aromatic carbocycles. The average Bonchev–Trinajstić information content (AvgIpc) is 2.55. The second kappa shape index (κ2) is 7.35. The van der Waals surface area contributed by atoms with Crippen LogP contribution in [0.4, 0.5) is 11.4 Å². The Morgan fingerprint density at radius 1 is 1.17 bits per heavy atom. The fraction of sp³-hybridized carbons (Fsp3) is 0.235. The van der Waals surface area contributed by atoms with Gasteiger partial charge in [-0.25, -0.2) is 13.2 Å². The average molecular weight is 348 g/mol. The third kappa shape index (κ3) is 4.26. The van der Waals surface area contributed by atoms with Gasteiger partial charge in [-0.15, -0.1) is 0 Å². The van der Waals surface area contributed by atoms with Crippen LogP contribution in [-0.4, -0.2) is 25.5 Å². The molecule has 6 nitrogen and oxygen atoms in total. The van der Waals surface area contributed by atoms with Crippen LogP contribution in [0, 0.1) is 0 Å². The maximum Gasteiger partial charge on any atom is 0.337 e. The lowest BCUT2D eigenvalue weighted by Crippen LogP contribution is -2.18. The number of carboxylic acids is 1. The first kappa shape index (κ1) is 17.8. The molecule has 0 radical (unpaired) electrons. The lowest BCUT2D eigenvalue weighted by atomic mass is 10.1. The highest BCUT2D eigenvalue weighted by molar-refractivity contribution is 7.92. The Hall–Kier alpha value is -2.54. The Bertz CT molecular complexity index is 820. The highest BCUT2D eigenvalue weighted by Gasteiger charge is 2.19. The van der Waals surface area contributed by atoms with Gasteiger partial charge in [0, 0.05) is 17.4 Å². The molecule has 0 saturated carbocycles. The molecule has 0 fully saturated rings. The van der Waals surface area contributed by atoms with Crippen molar-refractivity contribution >= 4 is 27.4 Å². The van der Waals surface area contributed by atoms with Crippen molar-refractivity contribution in [3.8, 4) is 0 Å². The van der Waals surface area contributed by atoms with E-state index in [1.165, 1.54) is 18.2 Å². The van der Waals surface area contributed by atoms with Gasteiger partial charge in [0.05, 0.1) is 10.5 Å². The van der Waals surface area contributed by atoms with Gasteiger partial charge in [-0.2, -0.15) is 0 Å². The van der Waals surface area contributed by atoms with E-state index in [0.29, 0.717) is 11.4 Å². The summed E-state index contributed by atoms with van der Waals surface area (Å²) in [5, 5.41) is 12.4. The Labute approximate surface area is 141 Å². The van der Waals surface area contributed by atoms with Gasteiger partial charge in [0.2, 0.25) is 0 Å². The number of carbonyl (C=O) groups is 1. The van der Waals surface area contributed by atoms with Crippen molar-refractivity contribution in [1.82, 2.24) is 0 Å². The molecule has 0 aromatic heterocycles. The molecule has 24 heavy (non-hydrogen) atoms. The number of anilines is 2. The third-order valence-electron chi connectivity index (χ3n) is 3.57. The normalized spacial score (nSPS) is 12.4. The molecule has 2 rings (SSSR count). The fourth-order valence-corrected chi connectivity index (χ4v) is 3.17. The van der Waals surface area contributed by atoms with E-state index in [9.17, 15) is 18.3 Å². The summed E-state index contributed by atoms with van der Waals surface area (Å²) < 4.78 is 27.3. The number of hydrogen-bond acceptors (Lipinski definition) is 4. The van der Waals surface area contributed by atoms with Crippen LogP contribution in [0.2, 0.25) is 0 Å². The van der Waals surface area contributed by atoms with Crippen LogP contribution in [-0.2, 0) is 10.0 Å². The van der Waals surface area contributed by atoms with Crippen molar-refractivity contribution < 1.29 is 18.3 Å². The van der Waals surface area contributed by atoms with Gasteiger partial charge < -0.3 is 10.4 Å². The Morgan fingerprint density at radius 2 is 1.83 bits per heavy atom. The largest absolute Gasteiger partial charge is 0.478 e. The maximum atomic E-state index is 12.4. The van der Waals surface area contributed by atoms with Crippen LogP contribution < -0.4 is 10.0 Å². The summed E-state index contributed by atoms with van der Waals surface area (Å²) in [6, 6.07) is 12.5. The fourth-order valence-electron chi connectivity index (χ4n) is 2.08. The Morgan fingerprint density at radius 3 is 2.42 bits per heavy atom. The highest BCUT2D eigenvalue weighted by Crippen LogP contribution is 2.23. The van der Waals surface area contributed by atoms with Gasteiger partial charge >= 0.3 is 5.97 Å². The zero-order valence-electron chi connectivity index (χ0n) is 13.5. The zero-order valence-corrected chi connectivity index (χ0v) is 14.3. The molecule has 7 heteroatoms. The van der Waals surface area contributed by atoms with Gasteiger partial charge in [0.25, 0.3) is 10.0 Å². The Kier molecular flexibility index (Phi) is 5.46. The van der Waals surface area contributed by atoms with Crippen molar-refractivity contribution in [3.05, 3.63) is 54.1 Å². The summed E-state index contributed by atoms with van der Waals surface area (Å²) in [5.41, 5.74) is 0.734. The van der Waals surface area contributed by atoms with Crippen molar-refractivity contribution in [3.63, 3.8) is 0 Å². The van der Waals surface area contributed by atoms with Crippen LogP contribution in [0.5, 0.6) is 0 Å². The predicted molar refractivity (Wildman–Crippen MR) is 94.0 cm³/mol. The Balaban J connectivity index is 2.37. The SMILES string of the molecule is CCC(C)Nc1ccc(S(=O)(=O)Nc2ccccc2)cc1C(=O)O. The number of carboxylic acid groups (broad SMARTS) is 1. The van der Waals surface area contributed by atoms with Crippen molar-refractivity contribution in [2.45, 2.75) is 31.2 Å².